The molecule has 0 aliphatic heterocycles. The first-order valence-corrected chi connectivity index (χ1v) is 5.94. The summed E-state index contributed by atoms with van der Waals surface area (Å²) in [4.78, 5) is 15.0. The van der Waals surface area contributed by atoms with E-state index in [1.165, 1.54) is 0 Å². The van der Waals surface area contributed by atoms with E-state index in [4.69, 9.17) is 0 Å². The van der Waals surface area contributed by atoms with E-state index in [0.717, 1.165) is 27.8 Å². The Bertz CT molecular complexity index is 781. The molecule has 1 N–H and O–H groups in total. The highest BCUT2D eigenvalue weighted by molar-refractivity contribution is 5.78. The first-order chi connectivity index (χ1) is 8.66. The van der Waals surface area contributed by atoms with Crippen LogP contribution in [-0.4, -0.2) is 9.55 Å². The van der Waals surface area contributed by atoms with Crippen molar-refractivity contribution in [1.29, 1.82) is 0 Å². The zero-order valence-corrected chi connectivity index (χ0v) is 10.4. The topological polar surface area (TPSA) is 37.8 Å². The number of nitrogens with zero attached hydrogens (tertiary/aromatic N) is 1. The lowest BCUT2D eigenvalue weighted by atomic mass is 10.2. The molecule has 0 aliphatic rings. The van der Waals surface area contributed by atoms with Gasteiger partial charge in [0.05, 0.1) is 16.7 Å². The third-order valence-corrected chi connectivity index (χ3v) is 3.19. The molecule has 1 heterocycles. The SMILES string of the molecule is Cc1ccc2c(c1)[nH]c(=O)n2-c1ccccc1C. The molecule has 3 nitrogen and oxygen atoms in total. The number of para-hydroxylation sites is 1. The van der Waals surface area contributed by atoms with Gasteiger partial charge in [-0.2, -0.15) is 0 Å². The van der Waals surface area contributed by atoms with Crippen LogP contribution in [0.5, 0.6) is 0 Å². The van der Waals surface area contributed by atoms with Crippen molar-refractivity contribution in [2.24, 2.45) is 0 Å². The highest BCUT2D eigenvalue weighted by Crippen LogP contribution is 2.18. The summed E-state index contributed by atoms with van der Waals surface area (Å²) in [6.45, 7) is 4.03. The zero-order valence-electron chi connectivity index (χ0n) is 10.4. The number of aromatic nitrogens is 2. The number of H-pyrrole nitrogens is 1. The van der Waals surface area contributed by atoms with E-state index in [1.807, 2.05) is 56.3 Å². The van der Waals surface area contributed by atoms with Crippen LogP contribution in [0.4, 0.5) is 0 Å². The average Bonchev–Trinajstić information content (AvgIpc) is 2.65. The van der Waals surface area contributed by atoms with Gasteiger partial charge in [-0.25, -0.2) is 4.79 Å². The molecular weight excluding hydrogens is 224 g/mol. The van der Waals surface area contributed by atoms with Crippen LogP contribution < -0.4 is 5.69 Å². The van der Waals surface area contributed by atoms with Crippen molar-refractivity contribution in [2.45, 2.75) is 13.8 Å². The molecular formula is C15H14N2O. The molecule has 0 radical (unpaired) electrons. The third-order valence-electron chi connectivity index (χ3n) is 3.19. The minimum atomic E-state index is -0.0927. The van der Waals surface area contributed by atoms with Gasteiger partial charge in [-0.05, 0) is 43.2 Å². The Labute approximate surface area is 105 Å². The monoisotopic (exact) mass is 238 g/mol. The number of imidazole rings is 1. The number of hydrogen-bond acceptors (Lipinski definition) is 1. The predicted octanol–water partition coefficient (Wildman–Crippen LogP) is 2.94. The minimum absolute atomic E-state index is 0.0927. The van der Waals surface area contributed by atoms with Crippen LogP contribution in [-0.2, 0) is 0 Å². The number of nitrogens with one attached hydrogen (secondary N) is 1. The van der Waals surface area contributed by atoms with Crippen molar-refractivity contribution in [3.63, 3.8) is 0 Å². The van der Waals surface area contributed by atoms with E-state index in [0.29, 0.717) is 0 Å². The number of hydrogen-bond donors (Lipinski definition) is 1. The van der Waals surface area contributed by atoms with Crippen molar-refractivity contribution in [2.75, 3.05) is 0 Å². The van der Waals surface area contributed by atoms with Crippen LogP contribution in [0.25, 0.3) is 16.7 Å². The van der Waals surface area contributed by atoms with E-state index in [-0.39, 0.29) is 5.69 Å². The maximum Gasteiger partial charge on any atom is 0.331 e. The highest BCUT2D eigenvalue weighted by atomic mass is 16.1. The van der Waals surface area contributed by atoms with Crippen molar-refractivity contribution in [3.05, 3.63) is 64.1 Å². The quantitative estimate of drug-likeness (QED) is 0.695. The Balaban J connectivity index is 2.40. The van der Waals surface area contributed by atoms with Crippen molar-refractivity contribution >= 4 is 11.0 Å². The van der Waals surface area contributed by atoms with E-state index in [2.05, 4.69) is 4.98 Å². The Kier molecular flexibility index (Phi) is 2.33. The molecule has 3 rings (SSSR count). The molecule has 1 aromatic heterocycles. The molecule has 90 valence electrons. The molecule has 3 heteroatoms. The standard InChI is InChI=1S/C15H14N2O/c1-10-7-8-14-12(9-10)16-15(18)17(14)13-6-4-3-5-11(13)2/h3-9H,1-2H3,(H,16,18). The fraction of sp³-hybridized carbons (Fsp3) is 0.133. The number of rotatable bonds is 1. The van der Waals surface area contributed by atoms with E-state index < -0.39 is 0 Å². The maximum absolute atomic E-state index is 12.1. The summed E-state index contributed by atoms with van der Waals surface area (Å²) >= 11 is 0. The summed E-state index contributed by atoms with van der Waals surface area (Å²) in [5.41, 5.74) is 4.85. The molecule has 0 amide bonds. The lowest BCUT2D eigenvalue weighted by molar-refractivity contribution is 1.00. The largest absolute Gasteiger partial charge is 0.331 e. The zero-order chi connectivity index (χ0) is 12.7. The molecule has 0 bridgehead atoms. The molecule has 2 aromatic carbocycles. The van der Waals surface area contributed by atoms with Crippen LogP contribution in [0.2, 0.25) is 0 Å². The number of aromatic amines is 1. The van der Waals surface area contributed by atoms with Gasteiger partial charge in [-0.3, -0.25) is 4.57 Å². The van der Waals surface area contributed by atoms with Crippen molar-refractivity contribution in [1.82, 2.24) is 9.55 Å². The molecule has 3 aromatic rings. The van der Waals surface area contributed by atoms with E-state index >= 15 is 0 Å². The number of benzene rings is 2. The van der Waals surface area contributed by atoms with Crippen LogP contribution >= 0.6 is 0 Å². The normalized spacial score (nSPS) is 11.0. The van der Waals surface area contributed by atoms with Gasteiger partial charge < -0.3 is 4.98 Å². The fourth-order valence-corrected chi connectivity index (χ4v) is 2.28. The molecule has 0 spiro atoms. The van der Waals surface area contributed by atoms with Gasteiger partial charge >= 0.3 is 5.69 Å². The second-order valence-electron chi connectivity index (χ2n) is 4.57. The summed E-state index contributed by atoms with van der Waals surface area (Å²) in [6, 6.07) is 13.9. The first kappa shape index (κ1) is 10.8. The van der Waals surface area contributed by atoms with Crippen LogP contribution in [0.3, 0.4) is 0 Å². The lowest BCUT2D eigenvalue weighted by Gasteiger charge is -2.06. The summed E-state index contributed by atoms with van der Waals surface area (Å²) in [7, 11) is 0. The Morgan fingerprint density at radius 1 is 1.06 bits per heavy atom. The first-order valence-electron chi connectivity index (χ1n) is 5.94. The summed E-state index contributed by atoms with van der Waals surface area (Å²) in [5.74, 6) is 0. The smallest absolute Gasteiger partial charge is 0.305 e. The molecule has 0 atom stereocenters. The molecule has 18 heavy (non-hydrogen) atoms. The second kappa shape index (κ2) is 3.88. The molecule has 0 fully saturated rings. The Hall–Kier alpha value is -2.29. The van der Waals surface area contributed by atoms with Crippen LogP contribution in [0.15, 0.2) is 47.3 Å². The van der Waals surface area contributed by atoms with Crippen LogP contribution in [0, 0.1) is 13.8 Å². The molecule has 0 saturated heterocycles. The van der Waals surface area contributed by atoms with Crippen LogP contribution in [0.1, 0.15) is 11.1 Å². The van der Waals surface area contributed by atoms with Gasteiger partial charge in [0, 0.05) is 0 Å². The molecule has 0 aliphatic carbocycles. The summed E-state index contributed by atoms with van der Waals surface area (Å²) < 4.78 is 1.73. The summed E-state index contributed by atoms with van der Waals surface area (Å²) in [6.07, 6.45) is 0. The van der Waals surface area contributed by atoms with Gasteiger partial charge in [0.1, 0.15) is 0 Å². The van der Waals surface area contributed by atoms with Gasteiger partial charge in [0.15, 0.2) is 0 Å². The maximum atomic E-state index is 12.1. The Morgan fingerprint density at radius 2 is 1.83 bits per heavy atom. The predicted molar refractivity (Wildman–Crippen MR) is 73.4 cm³/mol. The fourth-order valence-electron chi connectivity index (χ4n) is 2.28. The third kappa shape index (κ3) is 1.56. The average molecular weight is 238 g/mol. The highest BCUT2D eigenvalue weighted by Gasteiger charge is 2.09. The Morgan fingerprint density at radius 3 is 2.61 bits per heavy atom. The lowest BCUT2D eigenvalue weighted by Crippen LogP contribution is -2.15. The summed E-state index contributed by atoms with van der Waals surface area (Å²) in [5, 5.41) is 0. The molecule has 0 saturated carbocycles. The second-order valence-corrected chi connectivity index (χ2v) is 4.57. The van der Waals surface area contributed by atoms with Gasteiger partial charge in [0.2, 0.25) is 0 Å². The molecule has 0 unspecified atom stereocenters. The van der Waals surface area contributed by atoms with Crippen molar-refractivity contribution < 1.29 is 0 Å². The van der Waals surface area contributed by atoms with E-state index in [1.54, 1.807) is 4.57 Å². The van der Waals surface area contributed by atoms with E-state index in [9.17, 15) is 4.79 Å². The van der Waals surface area contributed by atoms with Gasteiger partial charge in [-0.1, -0.05) is 24.3 Å². The van der Waals surface area contributed by atoms with Gasteiger partial charge in [0.25, 0.3) is 0 Å². The number of aryl methyl sites for hydroxylation is 2. The van der Waals surface area contributed by atoms with Gasteiger partial charge in [-0.15, -0.1) is 0 Å². The number of fused-ring (bicyclic) bond motifs is 1. The minimum Gasteiger partial charge on any atom is -0.305 e. The van der Waals surface area contributed by atoms with Crippen molar-refractivity contribution in [3.8, 4) is 5.69 Å².